The molecule has 2 amide bonds. The van der Waals surface area contributed by atoms with Gasteiger partial charge in [-0.15, -0.1) is 0 Å². The van der Waals surface area contributed by atoms with Crippen LogP contribution in [0, 0.1) is 0 Å². The third kappa shape index (κ3) is 6.93. The molecule has 0 bridgehead atoms. The number of aliphatic hydroxyl groups is 1. The van der Waals surface area contributed by atoms with Crippen molar-refractivity contribution in [2.45, 2.75) is 64.6 Å². The van der Waals surface area contributed by atoms with E-state index in [9.17, 15) is 14.7 Å². The molecule has 35 heavy (non-hydrogen) atoms. The predicted octanol–water partition coefficient (Wildman–Crippen LogP) is 4.81. The zero-order valence-electron chi connectivity index (χ0n) is 20.7. The lowest BCUT2D eigenvalue weighted by atomic mass is 9.98. The van der Waals surface area contributed by atoms with E-state index in [1.165, 1.54) is 5.56 Å². The van der Waals surface area contributed by atoms with Crippen LogP contribution in [0.15, 0.2) is 60.7 Å². The molecule has 0 radical (unpaired) electrons. The molecule has 7 nitrogen and oxygen atoms in total. The van der Waals surface area contributed by atoms with E-state index in [0.717, 1.165) is 12.1 Å². The standard InChI is InChI=1S/C27H33ClN4O3/c1-17(15-19-9-7-6-8-10-19)22-16-23(32(31-22)27(3,4)5)30-25(34)18(2)29-26(35)24(33)20-11-13-21(28)14-12-20/h6-14,16-18,24,33H,15H2,1-5H3,(H,29,35)(H,30,34). The lowest BCUT2D eigenvalue weighted by Gasteiger charge is -2.23. The van der Waals surface area contributed by atoms with Gasteiger partial charge in [0.25, 0.3) is 5.91 Å². The van der Waals surface area contributed by atoms with Crippen molar-refractivity contribution in [1.29, 1.82) is 0 Å². The molecule has 186 valence electrons. The number of halogens is 1. The molecule has 3 unspecified atom stereocenters. The van der Waals surface area contributed by atoms with E-state index in [1.54, 1.807) is 35.9 Å². The summed E-state index contributed by atoms with van der Waals surface area (Å²) in [5, 5.41) is 21.1. The van der Waals surface area contributed by atoms with Gasteiger partial charge in [0, 0.05) is 17.0 Å². The van der Waals surface area contributed by atoms with Gasteiger partial charge in [0.2, 0.25) is 5.91 Å². The highest BCUT2D eigenvalue weighted by Crippen LogP contribution is 2.27. The van der Waals surface area contributed by atoms with Crippen LogP contribution in [-0.2, 0) is 21.5 Å². The van der Waals surface area contributed by atoms with Crippen molar-refractivity contribution >= 4 is 29.2 Å². The van der Waals surface area contributed by atoms with Crippen LogP contribution < -0.4 is 10.6 Å². The van der Waals surface area contributed by atoms with Gasteiger partial charge in [0.05, 0.1) is 11.2 Å². The van der Waals surface area contributed by atoms with Gasteiger partial charge in [0.1, 0.15) is 11.9 Å². The van der Waals surface area contributed by atoms with E-state index in [2.05, 4.69) is 29.7 Å². The van der Waals surface area contributed by atoms with Crippen LogP contribution in [0.3, 0.4) is 0 Å². The van der Waals surface area contributed by atoms with Crippen LogP contribution in [0.4, 0.5) is 5.82 Å². The van der Waals surface area contributed by atoms with E-state index in [4.69, 9.17) is 16.7 Å². The lowest BCUT2D eigenvalue weighted by Crippen LogP contribution is -2.44. The average Bonchev–Trinajstić information content (AvgIpc) is 3.24. The van der Waals surface area contributed by atoms with Crippen molar-refractivity contribution in [3.8, 4) is 0 Å². The number of benzene rings is 2. The summed E-state index contributed by atoms with van der Waals surface area (Å²) in [7, 11) is 0. The number of aromatic nitrogens is 2. The summed E-state index contributed by atoms with van der Waals surface area (Å²) in [6.07, 6.45) is -0.585. The number of hydrogen-bond donors (Lipinski definition) is 3. The maximum atomic E-state index is 12.9. The van der Waals surface area contributed by atoms with E-state index < -0.39 is 24.0 Å². The Labute approximate surface area is 211 Å². The smallest absolute Gasteiger partial charge is 0.254 e. The second-order valence-electron chi connectivity index (χ2n) is 9.80. The number of rotatable bonds is 8. The van der Waals surface area contributed by atoms with Crippen molar-refractivity contribution in [2.75, 3.05) is 5.32 Å². The molecule has 3 N–H and O–H groups in total. The first-order valence-corrected chi connectivity index (χ1v) is 12.0. The highest BCUT2D eigenvalue weighted by Gasteiger charge is 2.26. The third-order valence-electron chi connectivity index (χ3n) is 5.69. The average molecular weight is 497 g/mol. The number of carbonyl (C=O) groups excluding carboxylic acids is 2. The van der Waals surface area contributed by atoms with E-state index in [0.29, 0.717) is 16.4 Å². The summed E-state index contributed by atoms with van der Waals surface area (Å²) >= 11 is 5.86. The first-order chi connectivity index (χ1) is 16.5. The minimum Gasteiger partial charge on any atom is -0.378 e. The van der Waals surface area contributed by atoms with Gasteiger partial charge in [-0.2, -0.15) is 5.10 Å². The summed E-state index contributed by atoms with van der Waals surface area (Å²) < 4.78 is 1.79. The molecule has 0 spiro atoms. The van der Waals surface area contributed by atoms with Crippen molar-refractivity contribution in [3.63, 3.8) is 0 Å². The van der Waals surface area contributed by atoms with Gasteiger partial charge in [-0.05, 0) is 57.4 Å². The van der Waals surface area contributed by atoms with E-state index in [-0.39, 0.29) is 11.5 Å². The topological polar surface area (TPSA) is 96.2 Å². The molecular weight excluding hydrogens is 464 g/mol. The molecule has 3 rings (SSSR count). The molecule has 0 aliphatic carbocycles. The molecule has 3 aromatic rings. The highest BCUT2D eigenvalue weighted by molar-refractivity contribution is 6.30. The van der Waals surface area contributed by atoms with Gasteiger partial charge in [-0.1, -0.05) is 61.0 Å². The predicted molar refractivity (Wildman–Crippen MR) is 138 cm³/mol. The molecule has 2 aromatic carbocycles. The van der Waals surface area contributed by atoms with Gasteiger partial charge in [-0.3, -0.25) is 9.59 Å². The minimum atomic E-state index is -1.41. The van der Waals surface area contributed by atoms with Crippen LogP contribution >= 0.6 is 11.6 Å². The fourth-order valence-electron chi connectivity index (χ4n) is 3.70. The largest absolute Gasteiger partial charge is 0.378 e. The van der Waals surface area contributed by atoms with E-state index in [1.807, 2.05) is 45.0 Å². The number of carbonyl (C=O) groups is 2. The Hall–Kier alpha value is -3.16. The molecule has 0 aliphatic heterocycles. The Balaban J connectivity index is 1.71. The molecule has 1 aromatic heterocycles. The Morgan fingerprint density at radius 1 is 1.03 bits per heavy atom. The molecule has 0 saturated carbocycles. The fourth-order valence-corrected chi connectivity index (χ4v) is 3.83. The zero-order chi connectivity index (χ0) is 25.8. The van der Waals surface area contributed by atoms with Gasteiger partial charge >= 0.3 is 0 Å². The summed E-state index contributed by atoms with van der Waals surface area (Å²) in [5.41, 5.74) is 2.10. The molecule has 1 heterocycles. The van der Waals surface area contributed by atoms with Gasteiger partial charge in [-0.25, -0.2) is 4.68 Å². The molecular formula is C27H33ClN4O3. The van der Waals surface area contributed by atoms with Crippen LogP contribution in [0.2, 0.25) is 5.02 Å². The Kier molecular flexibility index (Phi) is 8.35. The Bertz CT molecular complexity index is 1150. The second-order valence-corrected chi connectivity index (χ2v) is 10.2. The van der Waals surface area contributed by atoms with Gasteiger partial charge in [0.15, 0.2) is 6.10 Å². The maximum absolute atomic E-state index is 12.9. The summed E-state index contributed by atoms with van der Waals surface area (Å²) in [6.45, 7) is 9.70. The van der Waals surface area contributed by atoms with Crippen LogP contribution in [-0.4, -0.2) is 32.7 Å². The zero-order valence-corrected chi connectivity index (χ0v) is 21.5. The Morgan fingerprint density at radius 3 is 2.26 bits per heavy atom. The number of hydrogen-bond acceptors (Lipinski definition) is 4. The number of nitrogens with one attached hydrogen (secondary N) is 2. The Morgan fingerprint density at radius 2 is 1.66 bits per heavy atom. The van der Waals surface area contributed by atoms with Crippen molar-refractivity contribution < 1.29 is 14.7 Å². The maximum Gasteiger partial charge on any atom is 0.254 e. The van der Waals surface area contributed by atoms with Crippen LogP contribution in [0.5, 0.6) is 0 Å². The quantitative estimate of drug-likeness (QED) is 0.416. The number of amides is 2. The van der Waals surface area contributed by atoms with Crippen molar-refractivity contribution in [3.05, 3.63) is 82.5 Å². The number of nitrogens with zero attached hydrogens (tertiary/aromatic N) is 2. The summed E-state index contributed by atoms with van der Waals surface area (Å²) in [5.74, 6) is -0.383. The molecule has 0 saturated heterocycles. The number of aliphatic hydroxyl groups excluding tert-OH is 1. The second kappa shape index (κ2) is 11.1. The minimum absolute atomic E-state index is 0.142. The first kappa shape index (κ1) is 26.4. The van der Waals surface area contributed by atoms with Crippen LogP contribution in [0.25, 0.3) is 0 Å². The normalized spacial score (nSPS) is 14.1. The van der Waals surface area contributed by atoms with E-state index >= 15 is 0 Å². The highest BCUT2D eigenvalue weighted by atomic mass is 35.5. The van der Waals surface area contributed by atoms with Crippen molar-refractivity contribution in [1.82, 2.24) is 15.1 Å². The summed E-state index contributed by atoms with van der Waals surface area (Å²) in [4.78, 5) is 25.4. The monoisotopic (exact) mass is 496 g/mol. The first-order valence-electron chi connectivity index (χ1n) is 11.6. The third-order valence-corrected chi connectivity index (χ3v) is 5.94. The summed E-state index contributed by atoms with van der Waals surface area (Å²) in [6, 6.07) is 17.5. The lowest BCUT2D eigenvalue weighted by molar-refractivity contribution is -0.132. The fraction of sp³-hybridized carbons (Fsp3) is 0.370. The SMILES string of the molecule is CC(NC(=O)C(O)c1ccc(Cl)cc1)C(=O)Nc1cc(C(C)Cc2ccccc2)nn1C(C)(C)C. The molecule has 0 fully saturated rings. The van der Waals surface area contributed by atoms with Crippen molar-refractivity contribution in [2.24, 2.45) is 0 Å². The number of anilines is 1. The van der Waals surface area contributed by atoms with Gasteiger partial charge < -0.3 is 15.7 Å². The molecule has 0 aliphatic rings. The molecule has 3 atom stereocenters. The van der Waals surface area contributed by atoms with Crippen LogP contribution in [0.1, 0.15) is 63.5 Å². The molecule has 8 heteroatoms.